The summed E-state index contributed by atoms with van der Waals surface area (Å²) in [6, 6.07) is 5.49. The molecule has 6 heteroatoms. The van der Waals surface area contributed by atoms with Gasteiger partial charge in [-0.2, -0.15) is 0 Å². The Balaban J connectivity index is 2.25. The van der Waals surface area contributed by atoms with Crippen LogP contribution in [0.3, 0.4) is 0 Å². The highest BCUT2D eigenvalue weighted by Gasteiger charge is 2.12. The molecular formula is C15H24FNO3S. The maximum Gasteiger partial charge on any atom is 0.214 e. The first-order valence-corrected chi connectivity index (χ1v) is 8.69. The van der Waals surface area contributed by atoms with E-state index >= 15 is 0 Å². The third-order valence-corrected chi connectivity index (χ3v) is 4.21. The van der Waals surface area contributed by atoms with Gasteiger partial charge in [0, 0.05) is 6.54 Å². The SMILES string of the molecule is CC(C)(C)CCCNS(=O)(=O)CCOc1ccc(F)cc1. The zero-order valence-corrected chi connectivity index (χ0v) is 13.7. The lowest BCUT2D eigenvalue weighted by molar-refractivity contribution is 0.339. The quantitative estimate of drug-likeness (QED) is 0.750. The van der Waals surface area contributed by atoms with Crippen LogP contribution in [0.25, 0.3) is 0 Å². The van der Waals surface area contributed by atoms with Crippen LogP contribution in [0.1, 0.15) is 33.6 Å². The lowest BCUT2D eigenvalue weighted by atomic mass is 9.91. The van der Waals surface area contributed by atoms with Crippen LogP contribution in [0.2, 0.25) is 0 Å². The summed E-state index contributed by atoms with van der Waals surface area (Å²) in [4.78, 5) is 0. The molecule has 0 saturated heterocycles. The molecular weight excluding hydrogens is 293 g/mol. The van der Waals surface area contributed by atoms with Crippen LogP contribution in [0.4, 0.5) is 4.39 Å². The second-order valence-corrected chi connectivity index (χ2v) is 8.11. The molecule has 120 valence electrons. The largest absolute Gasteiger partial charge is 0.492 e. The van der Waals surface area contributed by atoms with E-state index < -0.39 is 10.0 Å². The monoisotopic (exact) mass is 317 g/mol. The molecule has 1 rings (SSSR count). The van der Waals surface area contributed by atoms with Crippen molar-refractivity contribution < 1.29 is 17.5 Å². The summed E-state index contributed by atoms with van der Waals surface area (Å²) in [5, 5.41) is 0. The van der Waals surface area contributed by atoms with Crippen LogP contribution >= 0.6 is 0 Å². The molecule has 0 bridgehead atoms. The molecule has 1 aromatic rings. The van der Waals surface area contributed by atoms with Crippen molar-refractivity contribution in [1.82, 2.24) is 4.72 Å². The highest BCUT2D eigenvalue weighted by atomic mass is 32.2. The first-order valence-electron chi connectivity index (χ1n) is 7.04. The normalized spacial score (nSPS) is 12.4. The van der Waals surface area contributed by atoms with Crippen molar-refractivity contribution in [2.75, 3.05) is 18.9 Å². The van der Waals surface area contributed by atoms with Gasteiger partial charge in [0.05, 0.1) is 5.75 Å². The van der Waals surface area contributed by atoms with Crippen LogP contribution in [0.15, 0.2) is 24.3 Å². The Bertz CT molecular complexity index is 521. The van der Waals surface area contributed by atoms with E-state index in [1.165, 1.54) is 24.3 Å². The third-order valence-electron chi connectivity index (χ3n) is 2.86. The van der Waals surface area contributed by atoms with Gasteiger partial charge in [-0.1, -0.05) is 20.8 Å². The van der Waals surface area contributed by atoms with Gasteiger partial charge in [0.25, 0.3) is 0 Å². The summed E-state index contributed by atoms with van der Waals surface area (Å²) >= 11 is 0. The molecule has 21 heavy (non-hydrogen) atoms. The van der Waals surface area contributed by atoms with Crippen molar-refractivity contribution in [3.63, 3.8) is 0 Å². The molecule has 1 aromatic carbocycles. The van der Waals surface area contributed by atoms with Gasteiger partial charge in [-0.15, -0.1) is 0 Å². The van der Waals surface area contributed by atoms with E-state index in [4.69, 9.17) is 4.74 Å². The third kappa shape index (κ3) is 8.67. The molecule has 0 aliphatic rings. The number of benzene rings is 1. The number of rotatable bonds is 8. The minimum Gasteiger partial charge on any atom is -0.492 e. The fourth-order valence-electron chi connectivity index (χ4n) is 1.72. The molecule has 0 spiro atoms. The maximum atomic E-state index is 12.7. The molecule has 1 N–H and O–H groups in total. The Morgan fingerprint density at radius 1 is 1.19 bits per heavy atom. The predicted molar refractivity (Wildman–Crippen MR) is 82.4 cm³/mol. The number of sulfonamides is 1. The molecule has 4 nitrogen and oxygen atoms in total. The zero-order chi connectivity index (χ0) is 15.9. The lowest BCUT2D eigenvalue weighted by Gasteiger charge is -2.17. The second-order valence-electron chi connectivity index (χ2n) is 6.18. The van der Waals surface area contributed by atoms with Gasteiger partial charge in [-0.05, 0) is 42.5 Å². The van der Waals surface area contributed by atoms with Gasteiger partial charge in [-0.3, -0.25) is 0 Å². The predicted octanol–water partition coefficient (Wildman–Crippen LogP) is 2.95. The van der Waals surface area contributed by atoms with Crippen molar-refractivity contribution in [3.8, 4) is 5.75 Å². The lowest BCUT2D eigenvalue weighted by Crippen LogP contribution is -2.30. The molecule has 0 fully saturated rings. The first-order chi connectivity index (χ1) is 9.68. The summed E-state index contributed by atoms with van der Waals surface area (Å²) in [6.45, 7) is 6.85. The van der Waals surface area contributed by atoms with Crippen LogP contribution in [0.5, 0.6) is 5.75 Å². The number of ether oxygens (including phenoxy) is 1. The van der Waals surface area contributed by atoms with Crippen LogP contribution in [-0.4, -0.2) is 27.3 Å². The molecule has 0 radical (unpaired) electrons. The van der Waals surface area contributed by atoms with E-state index in [2.05, 4.69) is 25.5 Å². The van der Waals surface area contributed by atoms with Gasteiger partial charge in [0.15, 0.2) is 0 Å². The zero-order valence-electron chi connectivity index (χ0n) is 12.9. The number of nitrogens with one attached hydrogen (secondary N) is 1. The Kier molecular flexibility index (Phi) is 6.61. The van der Waals surface area contributed by atoms with Crippen LogP contribution < -0.4 is 9.46 Å². The topological polar surface area (TPSA) is 55.4 Å². The van der Waals surface area contributed by atoms with E-state index in [9.17, 15) is 12.8 Å². The Morgan fingerprint density at radius 3 is 2.38 bits per heavy atom. The van der Waals surface area contributed by atoms with Crippen molar-refractivity contribution in [2.24, 2.45) is 5.41 Å². The Morgan fingerprint density at radius 2 is 1.81 bits per heavy atom. The average molecular weight is 317 g/mol. The van der Waals surface area contributed by atoms with Gasteiger partial charge >= 0.3 is 0 Å². The van der Waals surface area contributed by atoms with Gasteiger partial charge in [0.1, 0.15) is 18.2 Å². The number of hydrogen-bond acceptors (Lipinski definition) is 3. The summed E-state index contributed by atoms with van der Waals surface area (Å²) < 4.78 is 44.0. The van der Waals surface area contributed by atoms with Crippen molar-refractivity contribution in [2.45, 2.75) is 33.6 Å². The second kappa shape index (κ2) is 7.75. The standard InChI is InChI=1S/C15H24FNO3S/c1-15(2,3)9-4-10-17-21(18,19)12-11-20-14-7-5-13(16)6-8-14/h5-8,17H,4,9-12H2,1-3H3. The van der Waals surface area contributed by atoms with Gasteiger partial charge in [-0.25, -0.2) is 17.5 Å². The van der Waals surface area contributed by atoms with Gasteiger partial charge in [0.2, 0.25) is 10.0 Å². The fourth-order valence-corrected chi connectivity index (χ4v) is 2.62. The summed E-state index contributed by atoms with van der Waals surface area (Å²) in [5.41, 5.74) is 0.205. The van der Waals surface area contributed by atoms with E-state index in [-0.39, 0.29) is 23.6 Å². The molecule has 0 heterocycles. The molecule has 0 aliphatic carbocycles. The van der Waals surface area contributed by atoms with Gasteiger partial charge < -0.3 is 4.74 Å². The van der Waals surface area contributed by atoms with Crippen LogP contribution in [-0.2, 0) is 10.0 Å². The minimum atomic E-state index is -3.33. The average Bonchev–Trinajstić information content (AvgIpc) is 2.36. The maximum absolute atomic E-state index is 12.7. The van der Waals surface area contributed by atoms with E-state index in [0.717, 1.165) is 12.8 Å². The summed E-state index contributed by atoms with van der Waals surface area (Å²) in [7, 11) is -3.33. The highest BCUT2D eigenvalue weighted by molar-refractivity contribution is 7.89. The molecule has 0 aromatic heterocycles. The van der Waals surface area contributed by atoms with Crippen molar-refractivity contribution >= 4 is 10.0 Å². The van der Waals surface area contributed by atoms with Crippen molar-refractivity contribution in [3.05, 3.63) is 30.1 Å². The number of hydrogen-bond donors (Lipinski definition) is 1. The fraction of sp³-hybridized carbons (Fsp3) is 0.600. The smallest absolute Gasteiger partial charge is 0.214 e. The first kappa shape index (κ1) is 17.9. The van der Waals surface area contributed by atoms with Crippen molar-refractivity contribution in [1.29, 1.82) is 0 Å². The highest BCUT2D eigenvalue weighted by Crippen LogP contribution is 2.19. The molecule has 0 aliphatic heterocycles. The Hall–Kier alpha value is -1.14. The molecule has 0 saturated carbocycles. The molecule has 0 atom stereocenters. The molecule has 0 amide bonds. The van der Waals surface area contributed by atoms with E-state index in [1.54, 1.807) is 0 Å². The van der Waals surface area contributed by atoms with Crippen LogP contribution in [0, 0.1) is 11.2 Å². The summed E-state index contributed by atoms with van der Waals surface area (Å²) in [5.74, 6) is -0.00490. The Labute approximate surface area is 126 Å². The summed E-state index contributed by atoms with van der Waals surface area (Å²) in [6.07, 6.45) is 1.77. The van der Waals surface area contributed by atoms with E-state index in [1.807, 2.05) is 0 Å². The minimum absolute atomic E-state index is 0.0419. The number of halogens is 1. The van der Waals surface area contributed by atoms with E-state index in [0.29, 0.717) is 12.3 Å². The molecule has 0 unspecified atom stereocenters.